The van der Waals surface area contributed by atoms with Crippen molar-refractivity contribution in [1.82, 2.24) is 0 Å². The van der Waals surface area contributed by atoms with Gasteiger partial charge in [0.2, 0.25) is 0 Å². The minimum Gasteiger partial charge on any atom is -0.280 e. The van der Waals surface area contributed by atoms with E-state index in [-0.39, 0.29) is 16.0 Å². The fourth-order valence-corrected chi connectivity index (χ4v) is 4.87. The van der Waals surface area contributed by atoms with Crippen molar-refractivity contribution in [2.75, 3.05) is 9.62 Å². The Balaban J connectivity index is 1.60. The van der Waals surface area contributed by atoms with E-state index in [9.17, 15) is 18.0 Å². The average Bonchev–Trinajstić information content (AvgIpc) is 2.98. The SMILES string of the molecule is Cc1cc(NS(=O)(=O)c2ccc(C(C)C)cc2)ccc1N1C(=O)c2ccc(Cl)cc2C1=O. The Morgan fingerprint density at radius 1 is 0.875 bits per heavy atom. The molecule has 0 radical (unpaired) electrons. The van der Waals surface area contributed by atoms with Crippen LogP contribution in [-0.2, 0) is 10.0 Å². The first-order chi connectivity index (χ1) is 15.1. The lowest BCUT2D eigenvalue weighted by molar-refractivity contribution is 0.0926. The molecule has 6 nitrogen and oxygen atoms in total. The van der Waals surface area contributed by atoms with Crippen LogP contribution in [0, 0.1) is 6.92 Å². The van der Waals surface area contributed by atoms with Crippen LogP contribution >= 0.6 is 11.6 Å². The van der Waals surface area contributed by atoms with Gasteiger partial charge in [0.05, 0.1) is 21.7 Å². The highest BCUT2D eigenvalue weighted by molar-refractivity contribution is 7.92. The van der Waals surface area contributed by atoms with Gasteiger partial charge in [-0.25, -0.2) is 13.3 Å². The summed E-state index contributed by atoms with van der Waals surface area (Å²) in [6.45, 7) is 5.78. The number of nitrogens with zero attached hydrogens (tertiary/aromatic N) is 1. The number of halogens is 1. The summed E-state index contributed by atoms with van der Waals surface area (Å²) >= 11 is 5.97. The Morgan fingerprint density at radius 2 is 1.53 bits per heavy atom. The highest BCUT2D eigenvalue weighted by Crippen LogP contribution is 2.33. The molecule has 0 bridgehead atoms. The van der Waals surface area contributed by atoms with E-state index in [0.717, 1.165) is 10.5 Å². The number of carbonyl (C=O) groups is 2. The first kappa shape index (κ1) is 22.0. The van der Waals surface area contributed by atoms with Crippen molar-refractivity contribution in [1.29, 1.82) is 0 Å². The number of anilines is 2. The maximum atomic E-state index is 12.8. The van der Waals surface area contributed by atoms with Gasteiger partial charge in [0, 0.05) is 10.7 Å². The van der Waals surface area contributed by atoms with Crippen molar-refractivity contribution in [3.8, 4) is 0 Å². The molecule has 1 N–H and O–H groups in total. The minimum atomic E-state index is -3.79. The van der Waals surface area contributed by atoms with Crippen LogP contribution in [0.5, 0.6) is 0 Å². The normalized spacial score (nSPS) is 13.6. The summed E-state index contributed by atoms with van der Waals surface area (Å²) < 4.78 is 28.1. The van der Waals surface area contributed by atoms with Crippen molar-refractivity contribution >= 4 is 44.8 Å². The number of nitrogens with one attached hydrogen (secondary N) is 1. The van der Waals surface area contributed by atoms with Gasteiger partial charge in [0.1, 0.15) is 0 Å². The number of hydrogen-bond donors (Lipinski definition) is 1. The van der Waals surface area contributed by atoms with Gasteiger partial charge in [0.25, 0.3) is 21.8 Å². The predicted octanol–water partition coefficient (Wildman–Crippen LogP) is 5.37. The minimum absolute atomic E-state index is 0.154. The Labute approximate surface area is 191 Å². The van der Waals surface area contributed by atoms with Gasteiger partial charge in [-0.2, -0.15) is 0 Å². The highest BCUT2D eigenvalue weighted by Gasteiger charge is 2.37. The number of hydrogen-bond acceptors (Lipinski definition) is 4. The van der Waals surface area contributed by atoms with Crippen LogP contribution in [0.15, 0.2) is 65.6 Å². The lowest BCUT2D eigenvalue weighted by Crippen LogP contribution is -2.30. The lowest BCUT2D eigenvalue weighted by Gasteiger charge is -2.18. The van der Waals surface area contributed by atoms with Crippen molar-refractivity contribution in [2.24, 2.45) is 0 Å². The summed E-state index contributed by atoms with van der Waals surface area (Å²) in [4.78, 5) is 26.9. The third-order valence-electron chi connectivity index (χ3n) is 5.40. The molecule has 8 heteroatoms. The van der Waals surface area contributed by atoms with E-state index in [1.54, 1.807) is 49.4 Å². The number of carbonyl (C=O) groups excluding carboxylic acids is 2. The van der Waals surface area contributed by atoms with E-state index in [1.807, 2.05) is 13.8 Å². The molecule has 1 heterocycles. The zero-order valence-electron chi connectivity index (χ0n) is 17.7. The molecule has 4 rings (SSSR count). The Morgan fingerprint density at radius 3 is 2.16 bits per heavy atom. The molecule has 3 aromatic rings. The molecular formula is C24H21ClN2O4S. The number of amides is 2. The predicted molar refractivity (Wildman–Crippen MR) is 125 cm³/mol. The highest BCUT2D eigenvalue weighted by atomic mass is 35.5. The molecule has 164 valence electrons. The summed E-state index contributed by atoms with van der Waals surface area (Å²) in [6.07, 6.45) is 0. The quantitative estimate of drug-likeness (QED) is 0.510. The summed E-state index contributed by atoms with van der Waals surface area (Å²) in [5.74, 6) is -0.606. The molecule has 3 aromatic carbocycles. The van der Waals surface area contributed by atoms with Crippen LogP contribution in [-0.4, -0.2) is 20.2 Å². The van der Waals surface area contributed by atoms with Crippen molar-refractivity contribution in [2.45, 2.75) is 31.6 Å². The van der Waals surface area contributed by atoms with E-state index in [1.165, 1.54) is 18.2 Å². The number of rotatable bonds is 5. The van der Waals surface area contributed by atoms with Gasteiger partial charge >= 0.3 is 0 Å². The molecule has 32 heavy (non-hydrogen) atoms. The molecule has 0 saturated heterocycles. The average molecular weight is 469 g/mol. The van der Waals surface area contributed by atoms with Crippen LogP contribution in [0.2, 0.25) is 5.02 Å². The maximum absolute atomic E-state index is 12.8. The number of sulfonamides is 1. The Kier molecular flexibility index (Phi) is 5.56. The van der Waals surface area contributed by atoms with Crippen molar-refractivity contribution in [3.63, 3.8) is 0 Å². The molecule has 1 aliphatic heterocycles. The second kappa shape index (κ2) is 8.07. The summed E-state index contributed by atoms with van der Waals surface area (Å²) in [7, 11) is -3.79. The summed E-state index contributed by atoms with van der Waals surface area (Å²) in [6, 6.07) is 16.0. The van der Waals surface area contributed by atoms with Gasteiger partial charge in [-0.1, -0.05) is 37.6 Å². The Bertz CT molecular complexity index is 1350. The van der Waals surface area contributed by atoms with E-state index in [0.29, 0.717) is 27.9 Å². The smallest absolute Gasteiger partial charge is 0.266 e. The van der Waals surface area contributed by atoms with E-state index >= 15 is 0 Å². The molecule has 0 spiro atoms. The molecule has 0 atom stereocenters. The van der Waals surface area contributed by atoms with Crippen molar-refractivity contribution in [3.05, 3.63) is 87.9 Å². The number of benzene rings is 3. The van der Waals surface area contributed by atoms with Gasteiger partial charge in [-0.3, -0.25) is 14.3 Å². The number of imide groups is 1. The number of aryl methyl sites for hydroxylation is 1. The zero-order valence-corrected chi connectivity index (χ0v) is 19.3. The summed E-state index contributed by atoms with van der Waals surface area (Å²) in [5.41, 5.74) is 2.87. The Hall–Kier alpha value is -3.16. The van der Waals surface area contributed by atoms with Gasteiger partial charge in [-0.05, 0) is 72.5 Å². The number of fused-ring (bicyclic) bond motifs is 1. The zero-order chi connectivity index (χ0) is 23.2. The third-order valence-corrected chi connectivity index (χ3v) is 7.03. The topological polar surface area (TPSA) is 83.6 Å². The molecule has 0 unspecified atom stereocenters. The van der Waals surface area contributed by atoms with Gasteiger partial charge in [0.15, 0.2) is 0 Å². The van der Waals surface area contributed by atoms with Crippen LogP contribution in [0.1, 0.15) is 51.6 Å². The van der Waals surface area contributed by atoms with Gasteiger partial charge < -0.3 is 0 Å². The second-order valence-corrected chi connectivity index (χ2v) is 10.1. The van der Waals surface area contributed by atoms with E-state index in [4.69, 9.17) is 11.6 Å². The van der Waals surface area contributed by atoms with Crippen LogP contribution in [0.25, 0.3) is 0 Å². The molecule has 0 aliphatic carbocycles. The fraction of sp³-hybridized carbons (Fsp3) is 0.167. The van der Waals surface area contributed by atoms with Gasteiger partial charge in [-0.15, -0.1) is 0 Å². The van der Waals surface area contributed by atoms with E-state index < -0.39 is 21.8 Å². The molecular weight excluding hydrogens is 448 g/mol. The first-order valence-electron chi connectivity index (χ1n) is 10.0. The lowest BCUT2D eigenvalue weighted by atomic mass is 10.0. The maximum Gasteiger partial charge on any atom is 0.266 e. The van der Waals surface area contributed by atoms with Crippen molar-refractivity contribution < 1.29 is 18.0 Å². The van der Waals surface area contributed by atoms with Crippen LogP contribution < -0.4 is 9.62 Å². The fourth-order valence-electron chi connectivity index (χ4n) is 3.65. The van der Waals surface area contributed by atoms with E-state index in [2.05, 4.69) is 4.72 Å². The standard InChI is InChI=1S/C24H21ClN2O4S/c1-14(2)16-4-8-19(9-5-16)32(30,31)26-18-7-11-22(15(3)12-18)27-23(28)20-10-6-17(25)13-21(20)24(27)29/h4-14,26H,1-3H3. The van der Waals surface area contributed by atoms with Crippen LogP contribution in [0.4, 0.5) is 11.4 Å². The summed E-state index contributed by atoms with van der Waals surface area (Å²) in [5, 5.41) is 0.370. The van der Waals surface area contributed by atoms with Crippen LogP contribution in [0.3, 0.4) is 0 Å². The third kappa shape index (κ3) is 3.89. The second-order valence-electron chi connectivity index (χ2n) is 7.97. The molecule has 0 aromatic heterocycles. The molecule has 1 aliphatic rings. The molecule has 0 fully saturated rings. The first-order valence-corrected chi connectivity index (χ1v) is 11.9. The largest absolute Gasteiger partial charge is 0.280 e. The molecule has 2 amide bonds. The monoisotopic (exact) mass is 468 g/mol. The molecule has 0 saturated carbocycles.